The monoisotopic (exact) mass is 264 g/mol. The number of aromatic nitrogens is 2. The average molecular weight is 264 g/mol. The molecule has 106 valence electrons. The molecule has 0 atom stereocenters. The van der Waals surface area contributed by atoms with Gasteiger partial charge in [-0.3, -0.25) is 0 Å². The van der Waals surface area contributed by atoms with E-state index in [1.165, 1.54) is 32.1 Å². The number of aliphatic hydroxyl groups is 1. The highest BCUT2D eigenvalue weighted by molar-refractivity contribution is 5.46. The smallest absolute Gasteiger partial charge is 0.131 e. The Hall–Kier alpha value is -1.36. The summed E-state index contributed by atoms with van der Waals surface area (Å²) < 4.78 is 0. The molecule has 0 unspecified atom stereocenters. The van der Waals surface area contributed by atoms with Gasteiger partial charge in [0.15, 0.2) is 0 Å². The van der Waals surface area contributed by atoms with E-state index in [1.54, 1.807) is 6.33 Å². The van der Waals surface area contributed by atoms with Crippen molar-refractivity contribution in [1.29, 1.82) is 0 Å². The van der Waals surface area contributed by atoms with Crippen LogP contribution in [0.2, 0.25) is 0 Å². The van der Waals surface area contributed by atoms with Crippen LogP contribution in [-0.4, -0.2) is 34.8 Å². The molecule has 1 aromatic rings. The predicted octanol–water partition coefficient (Wildman–Crippen LogP) is 2.26. The van der Waals surface area contributed by atoms with E-state index in [4.69, 9.17) is 5.11 Å². The third-order valence-corrected chi connectivity index (χ3v) is 3.60. The second kappa shape index (κ2) is 7.94. The number of aliphatic hydroxyl groups excluding tert-OH is 1. The zero-order chi connectivity index (χ0) is 13.3. The van der Waals surface area contributed by atoms with Gasteiger partial charge in [0.05, 0.1) is 0 Å². The summed E-state index contributed by atoms with van der Waals surface area (Å²) in [6.07, 6.45) is 9.09. The van der Waals surface area contributed by atoms with E-state index in [9.17, 15) is 0 Å². The third-order valence-electron chi connectivity index (χ3n) is 3.60. The van der Waals surface area contributed by atoms with Gasteiger partial charge >= 0.3 is 0 Å². The first-order valence-corrected chi connectivity index (χ1v) is 7.29. The van der Waals surface area contributed by atoms with Gasteiger partial charge in [0.2, 0.25) is 0 Å². The van der Waals surface area contributed by atoms with Crippen LogP contribution in [0.4, 0.5) is 11.6 Å². The van der Waals surface area contributed by atoms with Gasteiger partial charge in [0.1, 0.15) is 18.0 Å². The van der Waals surface area contributed by atoms with Crippen molar-refractivity contribution in [2.24, 2.45) is 5.92 Å². The Kier molecular flexibility index (Phi) is 5.88. The van der Waals surface area contributed by atoms with Gasteiger partial charge in [-0.1, -0.05) is 19.3 Å². The number of hydrogen-bond donors (Lipinski definition) is 3. The molecule has 5 nitrogen and oxygen atoms in total. The third kappa shape index (κ3) is 5.03. The van der Waals surface area contributed by atoms with E-state index in [1.807, 2.05) is 6.07 Å². The zero-order valence-electron chi connectivity index (χ0n) is 11.4. The molecule has 1 aliphatic rings. The molecule has 0 saturated heterocycles. The van der Waals surface area contributed by atoms with Gasteiger partial charge < -0.3 is 15.7 Å². The quantitative estimate of drug-likeness (QED) is 0.659. The fourth-order valence-electron chi connectivity index (χ4n) is 2.49. The molecule has 0 aromatic carbocycles. The van der Waals surface area contributed by atoms with Gasteiger partial charge in [0, 0.05) is 25.8 Å². The standard InChI is InChI=1S/C14H24N4O/c19-8-4-7-15-13-9-14(18-11-17-13)16-10-12-5-2-1-3-6-12/h9,11-12,19H,1-8,10H2,(H2,15,16,17,18). The molecule has 0 radical (unpaired) electrons. The van der Waals surface area contributed by atoms with Gasteiger partial charge in [-0.05, 0) is 25.2 Å². The van der Waals surface area contributed by atoms with E-state index >= 15 is 0 Å². The maximum absolute atomic E-state index is 8.74. The second-order valence-corrected chi connectivity index (χ2v) is 5.18. The molecule has 1 aromatic heterocycles. The lowest BCUT2D eigenvalue weighted by atomic mass is 9.89. The Morgan fingerprint density at radius 2 is 1.84 bits per heavy atom. The summed E-state index contributed by atoms with van der Waals surface area (Å²) in [5.74, 6) is 2.48. The molecular formula is C14H24N4O. The van der Waals surface area contributed by atoms with Crippen LogP contribution in [0.1, 0.15) is 38.5 Å². The maximum Gasteiger partial charge on any atom is 0.131 e. The summed E-state index contributed by atoms with van der Waals surface area (Å²) in [6.45, 7) is 1.94. The van der Waals surface area contributed by atoms with E-state index in [-0.39, 0.29) is 6.61 Å². The van der Waals surface area contributed by atoms with E-state index in [2.05, 4.69) is 20.6 Å². The van der Waals surface area contributed by atoms with Crippen LogP contribution >= 0.6 is 0 Å². The molecule has 19 heavy (non-hydrogen) atoms. The lowest BCUT2D eigenvalue weighted by Crippen LogP contribution is -2.17. The number of rotatable bonds is 7. The molecule has 1 aliphatic carbocycles. The minimum absolute atomic E-state index is 0.199. The molecule has 0 aliphatic heterocycles. The Balaban J connectivity index is 1.77. The average Bonchev–Trinajstić information content (AvgIpc) is 2.47. The van der Waals surface area contributed by atoms with Crippen molar-refractivity contribution >= 4 is 11.6 Å². The number of anilines is 2. The highest BCUT2D eigenvalue weighted by Gasteiger charge is 2.13. The van der Waals surface area contributed by atoms with Gasteiger partial charge in [0.25, 0.3) is 0 Å². The van der Waals surface area contributed by atoms with Crippen LogP contribution in [0.15, 0.2) is 12.4 Å². The van der Waals surface area contributed by atoms with Crippen molar-refractivity contribution in [3.05, 3.63) is 12.4 Å². The lowest BCUT2D eigenvalue weighted by molar-refractivity contribution is 0.292. The van der Waals surface area contributed by atoms with Crippen molar-refractivity contribution in [3.8, 4) is 0 Å². The summed E-state index contributed by atoms with van der Waals surface area (Å²) in [5, 5.41) is 15.3. The van der Waals surface area contributed by atoms with Gasteiger partial charge in [-0.25, -0.2) is 9.97 Å². The van der Waals surface area contributed by atoms with Crippen LogP contribution in [0.3, 0.4) is 0 Å². The molecule has 3 N–H and O–H groups in total. The van der Waals surface area contributed by atoms with E-state index in [0.717, 1.165) is 37.1 Å². The molecule has 0 amide bonds. The summed E-state index contributed by atoms with van der Waals surface area (Å²) in [4.78, 5) is 8.40. The second-order valence-electron chi connectivity index (χ2n) is 5.18. The number of nitrogens with one attached hydrogen (secondary N) is 2. The fraction of sp³-hybridized carbons (Fsp3) is 0.714. The topological polar surface area (TPSA) is 70.1 Å². The highest BCUT2D eigenvalue weighted by Crippen LogP contribution is 2.23. The summed E-state index contributed by atoms with van der Waals surface area (Å²) >= 11 is 0. The first kappa shape index (κ1) is 14.1. The molecule has 0 spiro atoms. The van der Waals surface area contributed by atoms with Crippen molar-refractivity contribution in [2.75, 3.05) is 30.3 Å². The molecule has 1 saturated carbocycles. The number of nitrogens with zero attached hydrogens (tertiary/aromatic N) is 2. The molecular weight excluding hydrogens is 240 g/mol. The summed E-state index contributed by atoms with van der Waals surface area (Å²) in [6, 6.07) is 1.93. The number of hydrogen-bond acceptors (Lipinski definition) is 5. The van der Waals surface area contributed by atoms with E-state index < -0.39 is 0 Å². The fourth-order valence-corrected chi connectivity index (χ4v) is 2.49. The van der Waals surface area contributed by atoms with Crippen molar-refractivity contribution in [3.63, 3.8) is 0 Å². The molecule has 0 bridgehead atoms. The Morgan fingerprint density at radius 3 is 2.58 bits per heavy atom. The molecule has 2 rings (SSSR count). The summed E-state index contributed by atoms with van der Waals surface area (Å²) in [5.41, 5.74) is 0. The van der Waals surface area contributed by atoms with Crippen LogP contribution in [-0.2, 0) is 0 Å². The van der Waals surface area contributed by atoms with Crippen molar-refractivity contribution in [2.45, 2.75) is 38.5 Å². The Labute approximate surface area is 114 Å². The largest absolute Gasteiger partial charge is 0.396 e. The molecule has 5 heteroatoms. The predicted molar refractivity (Wildman–Crippen MR) is 77.3 cm³/mol. The first-order chi connectivity index (χ1) is 9.38. The van der Waals surface area contributed by atoms with Crippen LogP contribution < -0.4 is 10.6 Å². The minimum atomic E-state index is 0.199. The van der Waals surface area contributed by atoms with Gasteiger partial charge in [-0.2, -0.15) is 0 Å². The Bertz CT molecular complexity index is 366. The normalized spacial score (nSPS) is 16.3. The summed E-state index contributed by atoms with van der Waals surface area (Å²) in [7, 11) is 0. The lowest BCUT2D eigenvalue weighted by Gasteiger charge is -2.22. The van der Waals surface area contributed by atoms with Crippen molar-refractivity contribution < 1.29 is 5.11 Å². The van der Waals surface area contributed by atoms with Crippen LogP contribution in [0, 0.1) is 5.92 Å². The van der Waals surface area contributed by atoms with Crippen LogP contribution in [0.5, 0.6) is 0 Å². The molecule has 1 fully saturated rings. The highest BCUT2D eigenvalue weighted by atomic mass is 16.3. The maximum atomic E-state index is 8.74. The Morgan fingerprint density at radius 1 is 1.11 bits per heavy atom. The van der Waals surface area contributed by atoms with E-state index in [0.29, 0.717) is 0 Å². The zero-order valence-corrected chi connectivity index (χ0v) is 11.4. The molecule has 1 heterocycles. The minimum Gasteiger partial charge on any atom is -0.396 e. The SMILES string of the molecule is OCCCNc1cc(NCC2CCCCC2)ncn1. The van der Waals surface area contributed by atoms with Gasteiger partial charge in [-0.15, -0.1) is 0 Å². The first-order valence-electron chi connectivity index (χ1n) is 7.29. The van der Waals surface area contributed by atoms with Crippen LogP contribution in [0.25, 0.3) is 0 Å². The van der Waals surface area contributed by atoms with Crippen molar-refractivity contribution in [1.82, 2.24) is 9.97 Å².